The number of halogens is 5. The molecule has 0 aromatic heterocycles. The number of carbonyl (C=O) groups excluding carboxylic acids is 2. The molecule has 1 atom stereocenters. The maximum Gasteiger partial charge on any atom is 0.407 e. The van der Waals surface area contributed by atoms with Gasteiger partial charge in [-0.2, -0.15) is 13.2 Å². The molecule has 0 saturated carbocycles. The summed E-state index contributed by atoms with van der Waals surface area (Å²) in [6, 6.07) is 6.40. The Labute approximate surface area is 236 Å². The Balaban J connectivity index is 1.69. The first-order valence-electron chi connectivity index (χ1n) is 13.9. The van der Waals surface area contributed by atoms with Crippen LogP contribution >= 0.6 is 0 Å². The highest BCUT2D eigenvalue weighted by Gasteiger charge is 2.43. The zero-order chi connectivity index (χ0) is 30.1. The lowest BCUT2D eigenvalue weighted by molar-refractivity contribution is -0.161. The van der Waals surface area contributed by atoms with Crippen LogP contribution in [-0.4, -0.2) is 60.9 Å². The Morgan fingerprint density at radius 2 is 1.71 bits per heavy atom. The fourth-order valence-corrected chi connectivity index (χ4v) is 5.60. The van der Waals surface area contributed by atoms with Crippen LogP contribution in [0.15, 0.2) is 30.3 Å². The number of nitrogens with zero attached hydrogens (tertiary/aromatic N) is 2. The molecular formula is C30H36F5N3O3. The number of hydrogen-bond donors (Lipinski definition) is 1. The van der Waals surface area contributed by atoms with Crippen LogP contribution in [0.4, 0.5) is 32.4 Å². The van der Waals surface area contributed by atoms with Crippen molar-refractivity contribution in [2.75, 3.05) is 31.1 Å². The molecule has 1 unspecified atom stereocenters. The number of carbonyl (C=O) groups is 2. The second kappa shape index (κ2) is 11.9. The molecule has 0 radical (unpaired) electrons. The molecule has 0 bridgehead atoms. The van der Waals surface area contributed by atoms with Gasteiger partial charge >= 0.3 is 12.3 Å². The second-order valence-corrected chi connectivity index (χ2v) is 11.7. The van der Waals surface area contributed by atoms with Gasteiger partial charge in [0.2, 0.25) is 5.91 Å². The number of rotatable bonds is 7. The average molecular weight is 582 g/mol. The van der Waals surface area contributed by atoms with E-state index in [1.807, 2.05) is 0 Å². The van der Waals surface area contributed by atoms with Gasteiger partial charge in [-0.25, -0.2) is 13.6 Å². The van der Waals surface area contributed by atoms with Crippen LogP contribution in [0.1, 0.15) is 70.4 Å². The molecule has 1 N–H and O–H groups in total. The first-order valence-corrected chi connectivity index (χ1v) is 13.9. The molecule has 1 heterocycles. The van der Waals surface area contributed by atoms with E-state index in [1.165, 1.54) is 24.3 Å². The highest BCUT2D eigenvalue weighted by Crippen LogP contribution is 2.51. The van der Waals surface area contributed by atoms with Crippen LogP contribution < -0.4 is 10.2 Å². The van der Waals surface area contributed by atoms with Crippen LogP contribution in [-0.2, 0) is 9.53 Å². The summed E-state index contributed by atoms with van der Waals surface area (Å²) in [5, 5.41) is 2.83. The van der Waals surface area contributed by atoms with Gasteiger partial charge in [0.1, 0.15) is 23.8 Å². The Hall–Kier alpha value is -3.37. The van der Waals surface area contributed by atoms with Gasteiger partial charge in [0.25, 0.3) is 0 Å². The number of alkyl carbamates (subject to hydrolysis) is 1. The monoisotopic (exact) mass is 581 g/mol. The number of benzene rings is 2. The lowest BCUT2D eigenvalue weighted by Crippen LogP contribution is -2.47. The minimum absolute atomic E-state index is 0.121. The number of anilines is 1. The number of nitrogens with one attached hydrogen (secondary N) is 1. The van der Waals surface area contributed by atoms with E-state index in [1.54, 1.807) is 32.6 Å². The van der Waals surface area contributed by atoms with E-state index < -0.39 is 47.9 Å². The predicted molar refractivity (Wildman–Crippen MR) is 146 cm³/mol. The fourth-order valence-electron chi connectivity index (χ4n) is 5.60. The number of alkyl halides is 3. The van der Waals surface area contributed by atoms with Gasteiger partial charge in [-0.3, -0.25) is 4.79 Å². The highest BCUT2D eigenvalue weighted by atomic mass is 19.4. The van der Waals surface area contributed by atoms with Gasteiger partial charge in [0.15, 0.2) is 0 Å². The summed E-state index contributed by atoms with van der Waals surface area (Å²) in [5.41, 5.74) is 0.914. The standard InChI is InChI=1S/C30H36F5N3O3/c1-5-6-13-38(17-30(33,34)35)27(39)25-22-16-18(31)7-8-20(22)21-9-10-23(32)26(24(21)25)37-14-11-19(12-15-37)36-28(40)41-29(2,3)4/h7-10,16,19,25H,5-6,11-15,17H2,1-4H3,(H,36,40). The first kappa shape index (κ1) is 30.6. The lowest BCUT2D eigenvalue weighted by Gasteiger charge is -2.36. The molecule has 224 valence electrons. The number of ether oxygens (including phenoxy) is 1. The van der Waals surface area contributed by atoms with E-state index in [0.29, 0.717) is 49.9 Å². The smallest absolute Gasteiger partial charge is 0.407 e. The van der Waals surface area contributed by atoms with E-state index in [2.05, 4.69) is 5.32 Å². The number of unbranched alkanes of at least 4 members (excludes halogenated alkanes) is 1. The van der Waals surface area contributed by atoms with E-state index in [0.717, 1.165) is 11.0 Å². The van der Waals surface area contributed by atoms with Gasteiger partial charge in [-0.15, -0.1) is 0 Å². The number of piperidine rings is 1. The molecule has 2 aromatic rings. The highest BCUT2D eigenvalue weighted by molar-refractivity contribution is 5.99. The number of amides is 2. The molecule has 2 aliphatic rings. The van der Waals surface area contributed by atoms with E-state index in [-0.39, 0.29) is 29.4 Å². The van der Waals surface area contributed by atoms with Crippen LogP contribution in [0.25, 0.3) is 11.1 Å². The topological polar surface area (TPSA) is 61.9 Å². The zero-order valence-corrected chi connectivity index (χ0v) is 23.7. The van der Waals surface area contributed by atoms with Crippen molar-refractivity contribution in [2.24, 2.45) is 0 Å². The Bertz CT molecular complexity index is 1280. The van der Waals surface area contributed by atoms with Gasteiger partial charge in [0.05, 0.1) is 11.6 Å². The molecule has 6 nitrogen and oxygen atoms in total. The molecule has 1 saturated heterocycles. The summed E-state index contributed by atoms with van der Waals surface area (Å²) < 4.78 is 76.0. The molecule has 1 fully saturated rings. The Kier molecular flexibility index (Phi) is 8.84. The van der Waals surface area contributed by atoms with Crippen molar-refractivity contribution in [1.29, 1.82) is 0 Å². The van der Waals surface area contributed by atoms with Crippen LogP contribution in [0.5, 0.6) is 0 Å². The SMILES string of the molecule is CCCCN(CC(F)(F)F)C(=O)C1c2cc(F)ccc2-c2ccc(F)c(N3CCC(NC(=O)OC(C)(C)C)CC3)c21. The Morgan fingerprint density at radius 3 is 2.32 bits per heavy atom. The van der Waals surface area contributed by atoms with E-state index in [4.69, 9.17) is 4.74 Å². The quantitative estimate of drug-likeness (QED) is 0.367. The summed E-state index contributed by atoms with van der Waals surface area (Å²) >= 11 is 0. The van der Waals surface area contributed by atoms with Gasteiger partial charge in [0, 0.05) is 31.2 Å². The average Bonchev–Trinajstić information content (AvgIpc) is 3.18. The van der Waals surface area contributed by atoms with Gasteiger partial charge in [-0.1, -0.05) is 25.5 Å². The van der Waals surface area contributed by atoms with Crippen LogP contribution in [0.3, 0.4) is 0 Å². The van der Waals surface area contributed by atoms with Gasteiger partial charge < -0.3 is 19.9 Å². The van der Waals surface area contributed by atoms with E-state index in [9.17, 15) is 27.2 Å². The maximum atomic E-state index is 15.6. The normalized spacial score (nSPS) is 17.2. The first-order chi connectivity index (χ1) is 19.2. The summed E-state index contributed by atoms with van der Waals surface area (Å²) in [6.45, 7) is 6.14. The summed E-state index contributed by atoms with van der Waals surface area (Å²) in [7, 11) is 0. The maximum absolute atomic E-state index is 15.6. The van der Waals surface area contributed by atoms with Crippen molar-refractivity contribution in [3.63, 3.8) is 0 Å². The molecule has 2 aromatic carbocycles. The lowest BCUT2D eigenvalue weighted by atomic mass is 9.92. The Morgan fingerprint density at radius 1 is 1.05 bits per heavy atom. The zero-order valence-electron chi connectivity index (χ0n) is 23.7. The summed E-state index contributed by atoms with van der Waals surface area (Å²) in [4.78, 5) is 28.6. The van der Waals surface area contributed by atoms with Crippen molar-refractivity contribution in [1.82, 2.24) is 10.2 Å². The minimum Gasteiger partial charge on any atom is -0.444 e. The third kappa shape index (κ3) is 7.11. The van der Waals surface area contributed by atoms with Crippen LogP contribution in [0.2, 0.25) is 0 Å². The van der Waals surface area contributed by atoms with Crippen molar-refractivity contribution < 1.29 is 36.3 Å². The molecule has 4 rings (SSSR count). The minimum atomic E-state index is -4.64. The predicted octanol–water partition coefficient (Wildman–Crippen LogP) is 6.76. The summed E-state index contributed by atoms with van der Waals surface area (Å²) in [5.74, 6) is -3.39. The molecule has 0 spiro atoms. The third-order valence-electron chi connectivity index (χ3n) is 7.31. The second-order valence-electron chi connectivity index (χ2n) is 11.7. The van der Waals surface area contributed by atoms with Crippen molar-refractivity contribution >= 4 is 17.7 Å². The van der Waals surface area contributed by atoms with E-state index >= 15 is 4.39 Å². The third-order valence-corrected chi connectivity index (χ3v) is 7.31. The molecule has 41 heavy (non-hydrogen) atoms. The van der Waals surface area contributed by atoms with Crippen molar-refractivity contribution in [3.8, 4) is 11.1 Å². The molecule has 11 heteroatoms. The number of fused-ring (bicyclic) bond motifs is 3. The summed E-state index contributed by atoms with van der Waals surface area (Å²) in [6.07, 6.45) is -3.35. The van der Waals surface area contributed by atoms with Crippen LogP contribution in [0, 0.1) is 11.6 Å². The largest absolute Gasteiger partial charge is 0.444 e. The van der Waals surface area contributed by atoms with Gasteiger partial charge in [-0.05, 0) is 74.9 Å². The van der Waals surface area contributed by atoms with Crippen molar-refractivity contribution in [2.45, 2.75) is 77.1 Å². The molecule has 1 aliphatic carbocycles. The molecular weight excluding hydrogens is 545 g/mol. The molecule has 1 aliphatic heterocycles. The number of hydrogen-bond acceptors (Lipinski definition) is 4. The van der Waals surface area contributed by atoms with Crippen molar-refractivity contribution in [3.05, 3.63) is 53.1 Å². The fraction of sp³-hybridized carbons (Fsp3) is 0.533. The molecule has 2 amide bonds.